The first kappa shape index (κ1) is 14.7. The van der Waals surface area contributed by atoms with Gasteiger partial charge in [-0.05, 0) is 24.5 Å². The van der Waals surface area contributed by atoms with Gasteiger partial charge in [0.2, 0.25) is 5.91 Å². The zero-order valence-corrected chi connectivity index (χ0v) is 12.4. The molecule has 0 aromatic heterocycles. The Labute approximate surface area is 128 Å². The van der Waals surface area contributed by atoms with E-state index in [1.807, 2.05) is 18.2 Å². The summed E-state index contributed by atoms with van der Waals surface area (Å²) in [4.78, 5) is 25.2. The maximum atomic E-state index is 12.5. The number of ether oxygens (including phenoxy) is 2. The fourth-order valence-corrected chi connectivity index (χ4v) is 3.06. The molecule has 1 aromatic carbocycles. The highest BCUT2D eigenvalue weighted by molar-refractivity contribution is 5.81. The average molecular weight is 305 g/mol. The van der Waals surface area contributed by atoms with E-state index in [-0.39, 0.29) is 11.8 Å². The molecule has 0 unspecified atom stereocenters. The third kappa shape index (κ3) is 2.73. The summed E-state index contributed by atoms with van der Waals surface area (Å²) in [6.45, 7) is 1.15. The van der Waals surface area contributed by atoms with Gasteiger partial charge in [0.05, 0.1) is 18.9 Å². The summed E-state index contributed by atoms with van der Waals surface area (Å²) in [5.74, 6) is -0.0306. The maximum absolute atomic E-state index is 12.5. The lowest BCUT2D eigenvalue weighted by Crippen LogP contribution is -2.40. The normalized spacial score (nSPS) is 23.6. The molecule has 2 atom stereocenters. The van der Waals surface area contributed by atoms with Gasteiger partial charge in [-0.15, -0.1) is 0 Å². The molecule has 1 saturated heterocycles. The zero-order valence-electron chi connectivity index (χ0n) is 12.4. The fourth-order valence-electron chi connectivity index (χ4n) is 3.06. The minimum Gasteiger partial charge on any atom is -0.497 e. The molecule has 22 heavy (non-hydrogen) atoms. The van der Waals surface area contributed by atoms with E-state index in [0.29, 0.717) is 32.5 Å². The van der Waals surface area contributed by atoms with E-state index >= 15 is 0 Å². The summed E-state index contributed by atoms with van der Waals surface area (Å²) in [6.07, 6.45) is 1.15. The Hall–Kier alpha value is -2.24. The van der Waals surface area contributed by atoms with Crippen molar-refractivity contribution in [3.8, 4) is 11.5 Å². The van der Waals surface area contributed by atoms with Crippen molar-refractivity contribution in [2.75, 3.05) is 26.8 Å². The van der Waals surface area contributed by atoms with Gasteiger partial charge in [-0.1, -0.05) is 6.07 Å². The Morgan fingerprint density at radius 3 is 2.86 bits per heavy atom. The Kier molecular flexibility index (Phi) is 3.92. The molecular formula is C16H19NO5. The predicted molar refractivity (Wildman–Crippen MR) is 78.0 cm³/mol. The number of methoxy groups -OCH3 is 1. The molecule has 1 amide bonds. The van der Waals surface area contributed by atoms with Gasteiger partial charge >= 0.3 is 5.97 Å². The molecule has 0 aliphatic carbocycles. The highest BCUT2D eigenvalue weighted by Crippen LogP contribution is 2.32. The van der Waals surface area contributed by atoms with Crippen molar-refractivity contribution in [3.63, 3.8) is 0 Å². The van der Waals surface area contributed by atoms with Crippen LogP contribution < -0.4 is 9.47 Å². The lowest BCUT2D eigenvalue weighted by atomic mass is 9.95. The first-order valence-electron chi connectivity index (χ1n) is 7.40. The number of benzene rings is 1. The highest BCUT2D eigenvalue weighted by Gasteiger charge is 2.35. The van der Waals surface area contributed by atoms with E-state index in [9.17, 15) is 9.59 Å². The van der Waals surface area contributed by atoms with E-state index in [0.717, 1.165) is 17.1 Å². The summed E-state index contributed by atoms with van der Waals surface area (Å²) >= 11 is 0. The lowest BCUT2D eigenvalue weighted by molar-refractivity contribution is -0.141. The molecule has 2 heterocycles. The molecule has 0 radical (unpaired) electrons. The Bertz CT molecular complexity index is 600. The minimum atomic E-state index is -0.826. The van der Waals surface area contributed by atoms with Crippen LogP contribution in [0.3, 0.4) is 0 Å². The lowest BCUT2D eigenvalue weighted by Gasteiger charge is -2.28. The van der Waals surface area contributed by atoms with Crippen molar-refractivity contribution in [1.82, 2.24) is 4.90 Å². The van der Waals surface area contributed by atoms with Crippen LogP contribution in [-0.4, -0.2) is 48.7 Å². The van der Waals surface area contributed by atoms with Crippen LogP contribution in [0, 0.1) is 11.8 Å². The highest BCUT2D eigenvalue weighted by atomic mass is 16.5. The molecule has 0 spiro atoms. The maximum Gasteiger partial charge on any atom is 0.308 e. The molecular weight excluding hydrogens is 286 g/mol. The van der Waals surface area contributed by atoms with Crippen molar-refractivity contribution < 1.29 is 24.2 Å². The van der Waals surface area contributed by atoms with Gasteiger partial charge in [-0.25, -0.2) is 0 Å². The van der Waals surface area contributed by atoms with E-state index in [4.69, 9.17) is 14.6 Å². The summed E-state index contributed by atoms with van der Waals surface area (Å²) < 4.78 is 10.8. The second-order valence-corrected chi connectivity index (χ2v) is 5.79. The van der Waals surface area contributed by atoms with Gasteiger partial charge in [0.1, 0.15) is 18.1 Å². The zero-order chi connectivity index (χ0) is 15.7. The third-order valence-electron chi connectivity index (χ3n) is 4.38. The number of carbonyl (C=O) groups excluding carboxylic acids is 1. The van der Waals surface area contributed by atoms with Crippen molar-refractivity contribution in [3.05, 3.63) is 23.8 Å². The van der Waals surface area contributed by atoms with Crippen molar-refractivity contribution >= 4 is 11.9 Å². The smallest absolute Gasteiger partial charge is 0.308 e. The molecule has 118 valence electrons. The Morgan fingerprint density at radius 1 is 1.36 bits per heavy atom. The van der Waals surface area contributed by atoms with Crippen LogP contribution in [0.5, 0.6) is 11.5 Å². The number of carboxylic acids is 1. The third-order valence-corrected chi connectivity index (χ3v) is 4.38. The van der Waals surface area contributed by atoms with Crippen molar-refractivity contribution in [2.24, 2.45) is 11.8 Å². The number of amides is 1. The quantitative estimate of drug-likeness (QED) is 0.907. The number of carbonyl (C=O) groups is 2. The number of nitrogens with zero attached hydrogens (tertiary/aromatic N) is 1. The largest absolute Gasteiger partial charge is 0.497 e. The number of carboxylic acid groups (broad SMARTS) is 1. The molecule has 2 aliphatic heterocycles. The van der Waals surface area contributed by atoms with Crippen LogP contribution in [0.1, 0.15) is 12.0 Å². The molecule has 3 rings (SSSR count). The monoisotopic (exact) mass is 305 g/mol. The van der Waals surface area contributed by atoms with Crippen molar-refractivity contribution in [2.45, 2.75) is 12.8 Å². The minimum absolute atomic E-state index is 0.00906. The Balaban J connectivity index is 1.67. The number of hydrogen-bond acceptors (Lipinski definition) is 4. The van der Waals surface area contributed by atoms with Crippen LogP contribution in [0.15, 0.2) is 18.2 Å². The van der Waals surface area contributed by atoms with Crippen LogP contribution in [0.4, 0.5) is 0 Å². The number of aliphatic carboxylic acids is 1. The second-order valence-electron chi connectivity index (χ2n) is 5.79. The second kappa shape index (κ2) is 5.87. The summed E-state index contributed by atoms with van der Waals surface area (Å²) in [5, 5.41) is 9.03. The summed E-state index contributed by atoms with van der Waals surface area (Å²) in [5.41, 5.74) is 0.986. The van der Waals surface area contributed by atoms with Crippen LogP contribution in [0.25, 0.3) is 0 Å². The van der Waals surface area contributed by atoms with E-state index < -0.39 is 11.9 Å². The van der Waals surface area contributed by atoms with E-state index in [1.165, 1.54) is 0 Å². The van der Waals surface area contributed by atoms with Gasteiger partial charge in [0.25, 0.3) is 0 Å². The topological polar surface area (TPSA) is 76.1 Å². The summed E-state index contributed by atoms with van der Waals surface area (Å²) in [7, 11) is 1.60. The van der Waals surface area contributed by atoms with E-state index in [1.54, 1.807) is 12.0 Å². The van der Waals surface area contributed by atoms with Crippen molar-refractivity contribution in [1.29, 1.82) is 0 Å². The molecule has 0 saturated carbocycles. The molecule has 6 heteroatoms. The first-order valence-corrected chi connectivity index (χ1v) is 7.40. The molecule has 2 aliphatic rings. The number of hydrogen-bond donors (Lipinski definition) is 1. The molecule has 1 fully saturated rings. The van der Waals surface area contributed by atoms with Gasteiger partial charge in [0.15, 0.2) is 0 Å². The van der Waals surface area contributed by atoms with Crippen LogP contribution in [-0.2, 0) is 16.0 Å². The molecule has 1 aromatic rings. The van der Waals surface area contributed by atoms with Crippen LogP contribution in [0.2, 0.25) is 0 Å². The fraction of sp³-hybridized carbons (Fsp3) is 0.500. The summed E-state index contributed by atoms with van der Waals surface area (Å²) in [6, 6.07) is 5.59. The number of fused-ring (bicyclic) bond motifs is 1. The van der Waals surface area contributed by atoms with E-state index in [2.05, 4.69) is 0 Å². The number of rotatable bonds is 3. The standard InChI is InChI=1S/C16H19NO5/c1-21-13-3-2-10-6-12(9-22-14(10)7-13)15(18)17-5-4-11(8-17)16(19)20/h2-3,7,11-12H,4-6,8-9H2,1H3,(H,19,20)/t11-,12-/m1/s1. The molecule has 0 bridgehead atoms. The molecule has 1 N–H and O–H groups in total. The van der Waals surface area contributed by atoms with Crippen LogP contribution >= 0.6 is 0 Å². The van der Waals surface area contributed by atoms with Gasteiger partial charge in [0, 0.05) is 19.2 Å². The van der Waals surface area contributed by atoms with Gasteiger partial charge in [-0.3, -0.25) is 9.59 Å². The Morgan fingerprint density at radius 2 is 2.18 bits per heavy atom. The molecule has 6 nitrogen and oxygen atoms in total. The SMILES string of the molecule is COc1ccc2c(c1)OC[C@H](C(=O)N1CC[C@@H](C(=O)O)C1)C2. The predicted octanol–water partition coefficient (Wildman–Crippen LogP) is 1.18. The average Bonchev–Trinajstić information content (AvgIpc) is 3.03. The van der Waals surface area contributed by atoms with Gasteiger partial charge < -0.3 is 19.5 Å². The van der Waals surface area contributed by atoms with Gasteiger partial charge in [-0.2, -0.15) is 0 Å². The number of likely N-dealkylation sites (tertiary alicyclic amines) is 1. The first-order chi connectivity index (χ1) is 10.6.